The molecule has 2 N–H and O–H groups in total. The average molecular weight is 398 g/mol. The summed E-state index contributed by atoms with van der Waals surface area (Å²) in [7, 11) is -3.60. The number of nitrogens with one attached hydrogen (secondary N) is 2. The second kappa shape index (κ2) is 8.12. The van der Waals surface area contributed by atoms with Gasteiger partial charge in [0.15, 0.2) is 5.82 Å². The van der Waals surface area contributed by atoms with Gasteiger partial charge in [-0.1, -0.05) is 36.4 Å². The molecule has 0 unspecified atom stereocenters. The van der Waals surface area contributed by atoms with Crippen LogP contribution in [-0.4, -0.2) is 44.8 Å². The first kappa shape index (κ1) is 18.6. The van der Waals surface area contributed by atoms with Gasteiger partial charge in [0, 0.05) is 37.6 Å². The highest BCUT2D eigenvalue weighted by molar-refractivity contribution is 7.89. The van der Waals surface area contributed by atoms with Gasteiger partial charge >= 0.3 is 0 Å². The van der Waals surface area contributed by atoms with Crippen molar-refractivity contribution in [2.75, 3.05) is 36.4 Å². The number of hydrogen-bond donors (Lipinski definition) is 2. The molecular formula is C20H23N5O2S. The fourth-order valence-electron chi connectivity index (χ4n) is 3.47. The maximum absolute atomic E-state index is 12.7. The minimum atomic E-state index is -3.60. The number of anilines is 2. The zero-order chi connectivity index (χ0) is 19.4. The van der Waals surface area contributed by atoms with E-state index >= 15 is 0 Å². The van der Waals surface area contributed by atoms with Crippen LogP contribution in [0.3, 0.4) is 0 Å². The lowest BCUT2D eigenvalue weighted by atomic mass is 10.1. The molecule has 0 atom stereocenters. The highest BCUT2D eigenvalue weighted by Crippen LogP contribution is 2.23. The minimum absolute atomic E-state index is 0.251. The van der Waals surface area contributed by atoms with Gasteiger partial charge in [0.2, 0.25) is 10.0 Å². The summed E-state index contributed by atoms with van der Waals surface area (Å²) in [4.78, 5) is 2.57. The van der Waals surface area contributed by atoms with Gasteiger partial charge in [0.25, 0.3) is 0 Å². The molecule has 1 aliphatic heterocycles. The Morgan fingerprint density at radius 3 is 2.64 bits per heavy atom. The van der Waals surface area contributed by atoms with E-state index in [1.807, 2.05) is 36.4 Å². The summed E-state index contributed by atoms with van der Waals surface area (Å²) in [6.07, 6.45) is 4.15. The Labute approximate surface area is 164 Å². The van der Waals surface area contributed by atoms with E-state index in [4.69, 9.17) is 0 Å². The van der Waals surface area contributed by atoms with Gasteiger partial charge in [-0.05, 0) is 24.3 Å². The first-order valence-corrected chi connectivity index (χ1v) is 10.9. The van der Waals surface area contributed by atoms with E-state index in [0.29, 0.717) is 17.3 Å². The summed E-state index contributed by atoms with van der Waals surface area (Å²) in [6, 6.07) is 14.7. The van der Waals surface area contributed by atoms with Crippen molar-refractivity contribution in [3.8, 4) is 0 Å². The zero-order valence-corrected chi connectivity index (χ0v) is 16.3. The molecule has 0 aliphatic carbocycles. The van der Waals surface area contributed by atoms with Crippen LogP contribution in [0.5, 0.6) is 0 Å². The third-order valence-electron chi connectivity index (χ3n) is 4.87. The van der Waals surface area contributed by atoms with E-state index < -0.39 is 10.0 Å². The normalized spacial score (nSPS) is 14.5. The Morgan fingerprint density at radius 1 is 1.00 bits per heavy atom. The summed E-state index contributed by atoms with van der Waals surface area (Å²) in [5, 5.41) is 12.9. The second-order valence-electron chi connectivity index (χ2n) is 6.80. The fourth-order valence-corrected chi connectivity index (χ4v) is 4.73. The monoisotopic (exact) mass is 397 g/mol. The van der Waals surface area contributed by atoms with Crippen molar-refractivity contribution in [2.45, 2.75) is 17.7 Å². The molecule has 4 rings (SSSR count). The number of fused-ring (bicyclic) bond motifs is 1. The van der Waals surface area contributed by atoms with Crippen molar-refractivity contribution in [2.24, 2.45) is 0 Å². The number of hydrogen-bond acceptors (Lipinski definition) is 6. The van der Waals surface area contributed by atoms with E-state index in [1.54, 1.807) is 18.3 Å². The molecule has 146 valence electrons. The van der Waals surface area contributed by atoms with Crippen molar-refractivity contribution in [1.29, 1.82) is 0 Å². The van der Waals surface area contributed by atoms with Gasteiger partial charge in [-0.25, -0.2) is 13.1 Å². The van der Waals surface area contributed by atoms with Crippen LogP contribution in [0.2, 0.25) is 0 Å². The molecule has 2 aromatic carbocycles. The highest BCUT2D eigenvalue weighted by Gasteiger charge is 2.16. The number of benzene rings is 2. The van der Waals surface area contributed by atoms with Crippen LogP contribution < -0.4 is 14.9 Å². The number of sulfonamides is 1. The van der Waals surface area contributed by atoms with Gasteiger partial charge in [-0.2, -0.15) is 5.10 Å². The van der Waals surface area contributed by atoms with E-state index in [0.717, 1.165) is 29.5 Å². The lowest BCUT2D eigenvalue weighted by molar-refractivity contribution is 0.584. The Balaban J connectivity index is 1.38. The largest absolute Gasteiger partial charge is 0.370 e. The summed E-state index contributed by atoms with van der Waals surface area (Å²) in [5.41, 5.74) is 1.05. The van der Waals surface area contributed by atoms with Gasteiger partial charge in [0.05, 0.1) is 16.8 Å². The predicted octanol–water partition coefficient (Wildman–Crippen LogP) is 2.62. The predicted molar refractivity (Wildman–Crippen MR) is 111 cm³/mol. The first-order valence-electron chi connectivity index (χ1n) is 9.42. The summed E-state index contributed by atoms with van der Waals surface area (Å²) < 4.78 is 28.1. The Bertz CT molecular complexity index is 1060. The van der Waals surface area contributed by atoms with Gasteiger partial charge < -0.3 is 10.2 Å². The standard InChI is InChI=1S/C20H23N5O2S/c26-28(27,19-9-5-7-16-6-1-2-8-18(16)19)23-11-10-21-20-14-17(15-22-24-20)25-12-3-4-13-25/h1-2,5-9,14-15,23H,3-4,10-13H2,(H,21,24). The van der Waals surface area contributed by atoms with Crippen molar-refractivity contribution in [3.63, 3.8) is 0 Å². The SMILES string of the molecule is O=S(=O)(NCCNc1cc(N2CCCC2)cnn1)c1cccc2ccccc12. The maximum atomic E-state index is 12.7. The Hall–Kier alpha value is -2.71. The van der Waals surface area contributed by atoms with E-state index in [2.05, 4.69) is 25.1 Å². The van der Waals surface area contributed by atoms with Crippen LogP contribution >= 0.6 is 0 Å². The third-order valence-corrected chi connectivity index (χ3v) is 6.39. The van der Waals surface area contributed by atoms with Gasteiger partial charge in [-0.3, -0.25) is 0 Å². The molecule has 2 heterocycles. The molecule has 0 amide bonds. The van der Waals surface area contributed by atoms with E-state index in [9.17, 15) is 8.42 Å². The summed E-state index contributed by atoms with van der Waals surface area (Å²) >= 11 is 0. The molecule has 3 aromatic rings. The van der Waals surface area contributed by atoms with Crippen LogP contribution in [-0.2, 0) is 10.0 Å². The van der Waals surface area contributed by atoms with E-state index in [1.165, 1.54) is 12.8 Å². The molecular weight excluding hydrogens is 374 g/mol. The summed E-state index contributed by atoms with van der Waals surface area (Å²) in [6.45, 7) is 2.75. The molecule has 0 saturated carbocycles. The summed E-state index contributed by atoms with van der Waals surface area (Å²) in [5.74, 6) is 0.647. The van der Waals surface area contributed by atoms with Crippen LogP contribution in [0, 0.1) is 0 Å². The first-order chi connectivity index (χ1) is 13.6. The molecule has 1 saturated heterocycles. The second-order valence-corrected chi connectivity index (χ2v) is 8.53. The van der Waals surface area contributed by atoms with Gasteiger partial charge in [-0.15, -0.1) is 5.10 Å². The molecule has 1 fully saturated rings. The lowest BCUT2D eigenvalue weighted by Crippen LogP contribution is -2.29. The lowest BCUT2D eigenvalue weighted by Gasteiger charge is -2.17. The number of rotatable bonds is 7. The molecule has 7 nitrogen and oxygen atoms in total. The molecule has 28 heavy (non-hydrogen) atoms. The minimum Gasteiger partial charge on any atom is -0.370 e. The topological polar surface area (TPSA) is 87.2 Å². The molecule has 1 aromatic heterocycles. The Morgan fingerprint density at radius 2 is 1.79 bits per heavy atom. The van der Waals surface area contributed by atoms with Crippen LogP contribution in [0.25, 0.3) is 10.8 Å². The van der Waals surface area contributed by atoms with Crippen LogP contribution in [0.4, 0.5) is 11.5 Å². The fraction of sp³-hybridized carbons (Fsp3) is 0.300. The number of aromatic nitrogens is 2. The zero-order valence-electron chi connectivity index (χ0n) is 15.5. The molecule has 8 heteroatoms. The average Bonchev–Trinajstić information content (AvgIpc) is 3.26. The van der Waals surface area contributed by atoms with Crippen molar-refractivity contribution < 1.29 is 8.42 Å². The molecule has 0 radical (unpaired) electrons. The number of nitrogens with zero attached hydrogens (tertiary/aromatic N) is 3. The van der Waals surface area contributed by atoms with Crippen molar-refractivity contribution >= 4 is 32.3 Å². The third kappa shape index (κ3) is 4.07. The highest BCUT2D eigenvalue weighted by atomic mass is 32.2. The maximum Gasteiger partial charge on any atom is 0.241 e. The van der Waals surface area contributed by atoms with Gasteiger partial charge in [0.1, 0.15) is 0 Å². The smallest absolute Gasteiger partial charge is 0.241 e. The Kier molecular flexibility index (Phi) is 5.40. The molecule has 1 aliphatic rings. The van der Waals surface area contributed by atoms with Crippen LogP contribution in [0.15, 0.2) is 59.6 Å². The quantitative estimate of drug-likeness (QED) is 0.596. The van der Waals surface area contributed by atoms with E-state index in [-0.39, 0.29) is 6.54 Å². The molecule has 0 bridgehead atoms. The van der Waals surface area contributed by atoms with Crippen molar-refractivity contribution in [1.82, 2.24) is 14.9 Å². The van der Waals surface area contributed by atoms with Crippen molar-refractivity contribution in [3.05, 3.63) is 54.7 Å². The molecule has 0 spiro atoms. The van der Waals surface area contributed by atoms with Crippen LogP contribution in [0.1, 0.15) is 12.8 Å².